The van der Waals surface area contributed by atoms with E-state index in [1.54, 1.807) is 11.8 Å². The van der Waals surface area contributed by atoms with Gasteiger partial charge in [0.1, 0.15) is 5.04 Å². The molecule has 1 N–H and O–H groups in total. The van der Waals surface area contributed by atoms with Crippen LogP contribution >= 0.6 is 11.8 Å². The number of para-hydroxylation sites is 1. The van der Waals surface area contributed by atoms with Gasteiger partial charge in [0.2, 0.25) is 0 Å². The molecule has 5 heteroatoms. The van der Waals surface area contributed by atoms with Gasteiger partial charge in [-0.2, -0.15) is 0 Å². The summed E-state index contributed by atoms with van der Waals surface area (Å²) >= 11 is 1.62. The van der Waals surface area contributed by atoms with E-state index >= 15 is 0 Å². The number of carboxylic acid groups (broad SMARTS) is 1. The normalized spacial score (nSPS) is 14.4. The number of carboxylic acids is 1. The summed E-state index contributed by atoms with van der Waals surface area (Å²) < 4.78 is 0. The molecule has 0 saturated carbocycles. The largest absolute Gasteiger partial charge is 0.481 e. The van der Waals surface area contributed by atoms with E-state index in [1.165, 1.54) is 0 Å². The first-order chi connectivity index (χ1) is 12.2. The van der Waals surface area contributed by atoms with Crippen molar-refractivity contribution in [3.63, 3.8) is 0 Å². The molecule has 0 aliphatic carbocycles. The predicted molar refractivity (Wildman–Crippen MR) is 104 cm³/mol. The molecule has 1 aromatic carbocycles. The van der Waals surface area contributed by atoms with Crippen LogP contribution < -0.4 is 0 Å². The van der Waals surface area contributed by atoms with Crippen molar-refractivity contribution >= 4 is 34.0 Å². The second-order valence-electron chi connectivity index (χ2n) is 5.82. The zero-order chi connectivity index (χ0) is 17.6. The number of thioether (sulfide) groups is 1. The molecule has 0 unspecified atom stereocenters. The number of hydrogen-bond acceptors (Lipinski definition) is 4. The van der Waals surface area contributed by atoms with Gasteiger partial charge >= 0.3 is 5.97 Å². The third kappa shape index (κ3) is 3.99. The number of fused-ring (bicyclic) bond motifs is 2. The number of aliphatic imine (C=N–C) groups is 1. The number of carbonyl (C=O) groups is 1. The van der Waals surface area contributed by atoms with E-state index in [4.69, 9.17) is 10.1 Å². The zero-order valence-electron chi connectivity index (χ0n) is 14.1. The highest BCUT2D eigenvalue weighted by molar-refractivity contribution is 8.13. The third-order valence-corrected chi connectivity index (χ3v) is 4.84. The Morgan fingerprint density at radius 3 is 2.80 bits per heavy atom. The number of pyridine rings is 1. The number of benzene rings is 1. The van der Waals surface area contributed by atoms with Crippen LogP contribution in [-0.4, -0.2) is 27.4 Å². The molecule has 0 radical (unpaired) electrons. The highest BCUT2D eigenvalue weighted by atomic mass is 32.2. The Kier molecular flexibility index (Phi) is 5.66. The standard InChI is InChI=1S/C20H20N2O2S/c1-25-20-17-13-21-12-11-15(17)14(7-3-2-4-10-19(23)24)16-8-5-6-9-18(16)22-20/h5-9,11-13H,2-4,10H2,1H3,(H,23,24). The summed E-state index contributed by atoms with van der Waals surface area (Å²) in [4.78, 5) is 19.8. The first kappa shape index (κ1) is 17.4. The topological polar surface area (TPSA) is 62.5 Å². The maximum Gasteiger partial charge on any atom is 0.303 e. The van der Waals surface area contributed by atoms with E-state index in [0.29, 0.717) is 6.42 Å². The SMILES string of the molecule is CSC1=Nc2ccccc2C(=CCCCCC(=O)O)c2ccncc21. The van der Waals surface area contributed by atoms with Crippen molar-refractivity contribution in [2.45, 2.75) is 25.7 Å². The predicted octanol–water partition coefficient (Wildman–Crippen LogP) is 4.91. The van der Waals surface area contributed by atoms with Gasteiger partial charge in [-0.05, 0) is 48.8 Å². The quantitative estimate of drug-likeness (QED) is 0.776. The summed E-state index contributed by atoms with van der Waals surface area (Å²) in [5.74, 6) is -0.734. The van der Waals surface area contributed by atoms with E-state index in [9.17, 15) is 4.79 Å². The molecule has 128 valence electrons. The molecule has 25 heavy (non-hydrogen) atoms. The zero-order valence-corrected chi connectivity index (χ0v) is 14.9. The summed E-state index contributed by atoms with van der Waals surface area (Å²) in [5, 5.41) is 9.74. The molecule has 0 atom stereocenters. The minimum atomic E-state index is -0.734. The number of hydrogen-bond donors (Lipinski definition) is 1. The van der Waals surface area contributed by atoms with Crippen LogP contribution in [0.15, 0.2) is 53.8 Å². The summed E-state index contributed by atoms with van der Waals surface area (Å²) in [6.07, 6.45) is 10.5. The van der Waals surface area contributed by atoms with Gasteiger partial charge < -0.3 is 5.11 Å². The maximum atomic E-state index is 10.7. The van der Waals surface area contributed by atoms with Crippen molar-refractivity contribution in [2.75, 3.05) is 6.26 Å². The van der Waals surface area contributed by atoms with E-state index < -0.39 is 5.97 Å². The lowest BCUT2D eigenvalue weighted by Gasteiger charge is -2.11. The van der Waals surface area contributed by atoms with Crippen LogP contribution in [0.25, 0.3) is 5.57 Å². The molecule has 3 rings (SSSR count). The summed E-state index contributed by atoms with van der Waals surface area (Å²) in [6, 6.07) is 10.2. The van der Waals surface area contributed by atoms with Crippen molar-refractivity contribution in [3.05, 3.63) is 65.5 Å². The minimum Gasteiger partial charge on any atom is -0.481 e. The van der Waals surface area contributed by atoms with Gasteiger partial charge in [0.25, 0.3) is 0 Å². The monoisotopic (exact) mass is 352 g/mol. The van der Waals surface area contributed by atoms with Gasteiger partial charge in [-0.1, -0.05) is 24.3 Å². The van der Waals surface area contributed by atoms with Crippen LogP contribution in [0.2, 0.25) is 0 Å². The molecule has 2 aromatic rings. The fraction of sp³-hybridized carbons (Fsp3) is 0.250. The van der Waals surface area contributed by atoms with Crippen molar-refractivity contribution < 1.29 is 9.90 Å². The summed E-state index contributed by atoms with van der Waals surface area (Å²) in [7, 11) is 0. The first-order valence-electron chi connectivity index (χ1n) is 8.29. The third-order valence-electron chi connectivity index (χ3n) is 4.14. The van der Waals surface area contributed by atoms with Crippen LogP contribution in [-0.2, 0) is 4.79 Å². The lowest BCUT2D eigenvalue weighted by molar-refractivity contribution is -0.137. The number of rotatable bonds is 5. The fourth-order valence-corrected chi connectivity index (χ4v) is 3.53. The molecule has 1 aromatic heterocycles. The molecule has 0 bridgehead atoms. The fourth-order valence-electron chi connectivity index (χ4n) is 2.96. The molecular formula is C20H20N2O2S. The Bertz CT molecular complexity index is 843. The minimum absolute atomic E-state index is 0.222. The van der Waals surface area contributed by atoms with Gasteiger partial charge in [-0.25, -0.2) is 4.99 Å². The van der Waals surface area contributed by atoms with Crippen LogP contribution in [0.4, 0.5) is 5.69 Å². The highest BCUT2D eigenvalue weighted by Gasteiger charge is 2.20. The molecule has 1 aliphatic rings. The Hall–Kier alpha value is -2.40. The van der Waals surface area contributed by atoms with Gasteiger partial charge in [0, 0.05) is 29.9 Å². The number of allylic oxidation sites excluding steroid dienone is 1. The van der Waals surface area contributed by atoms with Gasteiger partial charge in [-0.3, -0.25) is 9.78 Å². The highest BCUT2D eigenvalue weighted by Crippen LogP contribution is 2.38. The number of nitrogens with zero attached hydrogens (tertiary/aromatic N) is 2. The number of aromatic nitrogens is 1. The van der Waals surface area contributed by atoms with Gasteiger partial charge in [-0.15, -0.1) is 11.8 Å². The van der Waals surface area contributed by atoms with Crippen LogP contribution in [0, 0.1) is 0 Å². The second kappa shape index (κ2) is 8.12. The molecular weight excluding hydrogens is 332 g/mol. The van der Waals surface area contributed by atoms with Crippen molar-refractivity contribution in [1.82, 2.24) is 4.98 Å². The summed E-state index contributed by atoms with van der Waals surface area (Å²) in [6.45, 7) is 0. The van der Waals surface area contributed by atoms with Crippen molar-refractivity contribution in [2.24, 2.45) is 4.99 Å². The maximum absolute atomic E-state index is 10.7. The Labute approximate surface area is 151 Å². The molecule has 0 amide bonds. The Morgan fingerprint density at radius 2 is 2.00 bits per heavy atom. The molecule has 2 heterocycles. The lowest BCUT2D eigenvalue weighted by Crippen LogP contribution is -1.99. The van der Waals surface area contributed by atoms with Crippen molar-refractivity contribution in [3.8, 4) is 0 Å². The number of unbranched alkanes of at least 4 members (excludes halogenated alkanes) is 2. The average molecular weight is 352 g/mol. The molecule has 0 fully saturated rings. The van der Waals surface area contributed by atoms with Gasteiger partial charge in [0.05, 0.1) is 5.69 Å². The van der Waals surface area contributed by atoms with Crippen LogP contribution in [0.3, 0.4) is 0 Å². The van der Waals surface area contributed by atoms with E-state index in [0.717, 1.165) is 45.8 Å². The average Bonchev–Trinajstić information content (AvgIpc) is 2.76. The molecule has 1 aliphatic heterocycles. The van der Waals surface area contributed by atoms with Crippen LogP contribution in [0.5, 0.6) is 0 Å². The summed E-state index contributed by atoms with van der Waals surface area (Å²) in [5.41, 5.74) is 5.39. The van der Waals surface area contributed by atoms with E-state index in [2.05, 4.69) is 17.1 Å². The van der Waals surface area contributed by atoms with Crippen LogP contribution in [0.1, 0.15) is 42.4 Å². The van der Waals surface area contributed by atoms with E-state index in [1.807, 2.05) is 42.9 Å². The Balaban J connectivity index is 2.00. The second-order valence-corrected chi connectivity index (χ2v) is 6.61. The number of aliphatic carboxylic acids is 1. The van der Waals surface area contributed by atoms with Gasteiger partial charge in [0.15, 0.2) is 0 Å². The van der Waals surface area contributed by atoms with Crippen molar-refractivity contribution in [1.29, 1.82) is 0 Å². The molecule has 0 saturated heterocycles. The first-order valence-corrected chi connectivity index (χ1v) is 9.52. The van der Waals surface area contributed by atoms with E-state index in [-0.39, 0.29) is 6.42 Å². The smallest absolute Gasteiger partial charge is 0.303 e. The lowest BCUT2D eigenvalue weighted by atomic mass is 9.94. The molecule has 0 spiro atoms. The molecule has 4 nitrogen and oxygen atoms in total. The Morgan fingerprint density at radius 1 is 1.16 bits per heavy atom.